The predicted octanol–water partition coefficient (Wildman–Crippen LogP) is 1.93. The van der Waals surface area contributed by atoms with Crippen LogP contribution in [0.5, 0.6) is 0 Å². The number of nitrogens with one attached hydrogen (secondary N) is 1. The Kier molecular flexibility index (Phi) is 6.94. The Labute approximate surface area is 125 Å². The van der Waals surface area contributed by atoms with E-state index in [1.54, 1.807) is 0 Å². The molecule has 2 atom stereocenters. The molecule has 1 saturated carbocycles. The maximum Gasteiger partial charge on any atom is 0.122 e. The van der Waals surface area contributed by atoms with Crippen molar-refractivity contribution in [2.75, 3.05) is 40.3 Å². The Morgan fingerprint density at radius 2 is 2.00 bits per heavy atom. The first-order valence-electron chi connectivity index (χ1n) is 8.04. The summed E-state index contributed by atoms with van der Waals surface area (Å²) in [5.74, 6) is 0.541. The highest BCUT2D eigenvalue weighted by Gasteiger charge is 2.46. The molecule has 0 saturated heterocycles. The van der Waals surface area contributed by atoms with Crippen LogP contribution in [0.2, 0.25) is 0 Å². The van der Waals surface area contributed by atoms with Gasteiger partial charge < -0.3 is 4.90 Å². The summed E-state index contributed by atoms with van der Waals surface area (Å²) < 4.78 is 0. The van der Waals surface area contributed by atoms with Crippen molar-refractivity contribution < 1.29 is 0 Å². The number of nitrogens with zero attached hydrogens (tertiary/aromatic N) is 3. The molecular formula is C16H32N4. The lowest BCUT2D eigenvalue weighted by Gasteiger charge is -2.38. The minimum absolute atomic E-state index is 0.341. The van der Waals surface area contributed by atoms with Gasteiger partial charge in [0.2, 0.25) is 0 Å². The highest BCUT2D eigenvalue weighted by molar-refractivity contribution is 5.17. The van der Waals surface area contributed by atoms with Crippen molar-refractivity contribution in [2.45, 2.75) is 51.6 Å². The summed E-state index contributed by atoms with van der Waals surface area (Å²) in [7, 11) is 4.22. The molecule has 1 fully saturated rings. The minimum Gasteiger partial charge on any atom is -0.308 e. The molecule has 2 unspecified atom stereocenters. The van der Waals surface area contributed by atoms with Gasteiger partial charge in [-0.3, -0.25) is 10.2 Å². The average molecular weight is 280 g/mol. The highest BCUT2D eigenvalue weighted by Crippen LogP contribution is 2.40. The number of rotatable bonds is 10. The zero-order valence-electron chi connectivity index (χ0n) is 13.9. The molecule has 20 heavy (non-hydrogen) atoms. The second kappa shape index (κ2) is 7.97. The molecule has 0 spiro atoms. The molecule has 4 heteroatoms. The van der Waals surface area contributed by atoms with E-state index >= 15 is 0 Å². The molecule has 0 aromatic heterocycles. The Morgan fingerprint density at radius 1 is 1.35 bits per heavy atom. The Morgan fingerprint density at radius 3 is 2.40 bits per heavy atom. The van der Waals surface area contributed by atoms with Crippen LogP contribution >= 0.6 is 0 Å². The molecule has 0 radical (unpaired) electrons. The molecule has 0 aliphatic heterocycles. The van der Waals surface area contributed by atoms with Gasteiger partial charge in [-0.25, -0.2) is 0 Å². The van der Waals surface area contributed by atoms with Gasteiger partial charge in [-0.05, 0) is 59.3 Å². The van der Waals surface area contributed by atoms with Crippen LogP contribution in [-0.4, -0.2) is 61.7 Å². The van der Waals surface area contributed by atoms with E-state index in [1.165, 1.54) is 12.8 Å². The van der Waals surface area contributed by atoms with Gasteiger partial charge in [0.25, 0.3) is 0 Å². The van der Waals surface area contributed by atoms with Crippen molar-refractivity contribution in [2.24, 2.45) is 5.92 Å². The summed E-state index contributed by atoms with van der Waals surface area (Å²) in [4.78, 5) is 4.67. The maximum atomic E-state index is 9.77. The average Bonchev–Trinajstić information content (AvgIpc) is 3.23. The molecule has 1 aliphatic carbocycles. The Hall–Kier alpha value is -0.630. The van der Waals surface area contributed by atoms with Gasteiger partial charge in [0, 0.05) is 19.1 Å². The normalized spacial score (nSPS) is 19.9. The van der Waals surface area contributed by atoms with E-state index in [1.807, 2.05) is 0 Å². The quantitative estimate of drug-likeness (QED) is 0.664. The van der Waals surface area contributed by atoms with Gasteiger partial charge >= 0.3 is 0 Å². The first-order valence-corrected chi connectivity index (χ1v) is 8.04. The van der Waals surface area contributed by atoms with Gasteiger partial charge in [0.05, 0.1) is 6.07 Å². The fourth-order valence-corrected chi connectivity index (χ4v) is 2.96. The van der Waals surface area contributed by atoms with Crippen molar-refractivity contribution in [1.29, 1.82) is 5.26 Å². The first kappa shape index (κ1) is 17.4. The van der Waals surface area contributed by atoms with Crippen molar-refractivity contribution in [3.63, 3.8) is 0 Å². The van der Waals surface area contributed by atoms with Crippen LogP contribution in [0.1, 0.15) is 40.0 Å². The minimum atomic E-state index is -0.341. The highest BCUT2D eigenvalue weighted by atomic mass is 15.2. The maximum absolute atomic E-state index is 9.77. The summed E-state index contributed by atoms with van der Waals surface area (Å²) in [6.07, 6.45) is 3.48. The van der Waals surface area contributed by atoms with Crippen LogP contribution in [0.4, 0.5) is 0 Å². The topological polar surface area (TPSA) is 42.3 Å². The molecular weight excluding hydrogens is 248 g/mol. The van der Waals surface area contributed by atoms with Crippen molar-refractivity contribution in [3.8, 4) is 6.07 Å². The first-order chi connectivity index (χ1) is 9.49. The van der Waals surface area contributed by atoms with Gasteiger partial charge in [0.15, 0.2) is 0 Å². The van der Waals surface area contributed by atoms with Gasteiger partial charge in [-0.15, -0.1) is 0 Å². The molecule has 0 amide bonds. The summed E-state index contributed by atoms with van der Waals surface area (Å²) >= 11 is 0. The van der Waals surface area contributed by atoms with Crippen molar-refractivity contribution in [3.05, 3.63) is 0 Å². The van der Waals surface area contributed by atoms with Crippen molar-refractivity contribution in [1.82, 2.24) is 15.1 Å². The third-order valence-electron chi connectivity index (χ3n) is 4.28. The molecule has 0 heterocycles. The number of hydrogen-bond acceptors (Lipinski definition) is 4. The number of hydrogen-bond donors (Lipinski definition) is 1. The molecule has 0 bridgehead atoms. The number of nitriles is 1. The lowest BCUT2D eigenvalue weighted by molar-refractivity contribution is 0.138. The smallest absolute Gasteiger partial charge is 0.122 e. The Bertz CT molecular complexity index is 319. The summed E-state index contributed by atoms with van der Waals surface area (Å²) in [5.41, 5.74) is -0.341. The lowest BCUT2D eigenvalue weighted by atomic mass is 9.93. The van der Waals surface area contributed by atoms with Crippen LogP contribution in [0.15, 0.2) is 0 Å². The predicted molar refractivity (Wildman–Crippen MR) is 84.6 cm³/mol. The fraction of sp³-hybridized carbons (Fsp3) is 0.938. The van der Waals surface area contributed by atoms with E-state index in [4.69, 9.17) is 0 Å². The largest absolute Gasteiger partial charge is 0.308 e. The fourth-order valence-electron chi connectivity index (χ4n) is 2.96. The molecule has 0 aromatic carbocycles. The van der Waals surface area contributed by atoms with Crippen LogP contribution in [-0.2, 0) is 0 Å². The standard InChI is InChI=1S/C16H32N4/c1-6-10-18-16(12-17,15-8-9-15)13-20(7-2)14(3)11-19(4)5/h14-15,18H,6-11,13H2,1-5H3. The van der Waals surface area contributed by atoms with Gasteiger partial charge in [-0.1, -0.05) is 13.8 Å². The third-order valence-corrected chi connectivity index (χ3v) is 4.28. The monoisotopic (exact) mass is 280 g/mol. The SMILES string of the molecule is CCCNC(C#N)(CN(CC)C(C)CN(C)C)C1CC1. The van der Waals surface area contributed by atoms with E-state index in [0.29, 0.717) is 12.0 Å². The van der Waals surface area contributed by atoms with Crippen molar-refractivity contribution >= 4 is 0 Å². The number of likely N-dealkylation sites (N-methyl/N-ethyl adjacent to an activating group) is 2. The van der Waals surface area contributed by atoms with Crippen LogP contribution in [0.3, 0.4) is 0 Å². The molecule has 1 aliphatic rings. The second-order valence-electron chi connectivity index (χ2n) is 6.46. The summed E-state index contributed by atoms with van der Waals surface area (Å²) in [6.45, 7) is 10.4. The van der Waals surface area contributed by atoms with Crippen LogP contribution in [0, 0.1) is 17.2 Å². The van der Waals surface area contributed by atoms with Gasteiger partial charge in [0.1, 0.15) is 5.54 Å². The summed E-state index contributed by atoms with van der Waals surface area (Å²) in [6, 6.07) is 3.10. The molecule has 1 N–H and O–H groups in total. The van der Waals surface area contributed by atoms with Gasteiger partial charge in [-0.2, -0.15) is 5.26 Å². The Balaban J connectivity index is 2.73. The van der Waals surface area contributed by atoms with Crippen LogP contribution in [0.25, 0.3) is 0 Å². The van der Waals surface area contributed by atoms with E-state index in [-0.39, 0.29) is 5.54 Å². The van der Waals surface area contributed by atoms with E-state index < -0.39 is 0 Å². The summed E-state index contributed by atoms with van der Waals surface area (Å²) in [5, 5.41) is 13.3. The van der Waals surface area contributed by atoms with Crippen LogP contribution < -0.4 is 5.32 Å². The second-order valence-corrected chi connectivity index (χ2v) is 6.46. The van der Waals surface area contributed by atoms with E-state index in [0.717, 1.165) is 32.6 Å². The van der Waals surface area contributed by atoms with E-state index in [9.17, 15) is 5.26 Å². The molecule has 1 rings (SSSR count). The molecule has 116 valence electrons. The van der Waals surface area contributed by atoms with E-state index in [2.05, 4.69) is 56.1 Å². The molecule has 0 aromatic rings. The zero-order valence-corrected chi connectivity index (χ0v) is 13.9. The molecule has 4 nitrogen and oxygen atoms in total. The lowest BCUT2D eigenvalue weighted by Crippen LogP contribution is -2.57. The third kappa shape index (κ3) is 4.73. The zero-order chi connectivity index (χ0) is 15.2.